The first-order valence-electron chi connectivity index (χ1n) is 10.0. The number of aryl methyl sites for hydroxylation is 1. The highest BCUT2D eigenvalue weighted by atomic mass is 19.3. The van der Waals surface area contributed by atoms with Gasteiger partial charge < -0.3 is 14.6 Å². The Morgan fingerprint density at radius 1 is 1.22 bits per heavy atom. The molecular formula is C22H22F4N4O2. The first kappa shape index (κ1) is 22.2. The lowest BCUT2D eigenvalue weighted by Gasteiger charge is -2.22. The van der Waals surface area contributed by atoms with E-state index in [-0.39, 0.29) is 28.1 Å². The van der Waals surface area contributed by atoms with Crippen LogP contribution in [0.5, 0.6) is 0 Å². The summed E-state index contributed by atoms with van der Waals surface area (Å²) in [7, 11) is 1.27. The van der Waals surface area contributed by atoms with E-state index in [9.17, 15) is 22.4 Å². The third-order valence-corrected chi connectivity index (χ3v) is 5.77. The Hall–Kier alpha value is -3.01. The summed E-state index contributed by atoms with van der Waals surface area (Å²) >= 11 is 0. The maximum Gasteiger partial charge on any atom is 0.289 e. The zero-order valence-electron chi connectivity index (χ0n) is 18.0. The van der Waals surface area contributed by atoms with Crippen molar-refractivity contribution in [3.05, 3.63) is 63.3 Å². The van der Waals surface area contributed by atoms with E-state index in [4.69, 9.17) is 4.74 Å². The van der Waals surface area contributed by atoms with Crippen molar-refractivity contribution in [1.82, 2.24) is 14.5 Å². The molecule has 0 amide bonds. The van der Waals surface area contributed by atoms with Gasteiger partial charge in [-0.25, -0.2) is 23.1 Å². The van der Waals surface area contributed by atoms with Gasteiger partial charge in [0.1, 0.15) is 23.0 Å². The Balaban J connectivity index is 1.85. The van der Waals surface area contributed by atoms with Gasteiger partial charge in [-0.3, -0.25) is 4.79 Å². The number of halogens is 4. The highest BCUT2D eigenvalue weighted by molar-refractivity contribution is 5.89. The van der Waals surface area contributed by atoms with E-state index in [1.165, 1.54) is 36.9 Å². The number of pyridine rings is 1. The minimum atomic E-state index is -3.39. The average molecular weight is 450 g/mol. The second kappa shape index (κ2) is 7.54. The van der Waals surface area contributed by atoms with Gasteiger partial charge in [0.15, 0.2) is 6.23 Å². The molecule has 1 aliphatic carbocycles. The second-order valence-corrected chi connectivity index (χ2v) is 8.35. The lowest BCUT2D eigenvalue weighted by Crippen LogP contribution is -2.30. The molecule has 1 aromatic carbocycles. The first-order valence-corrected chi connectivity index (χ1v) is 10.0. The molecule has 0 aliphatic heterocycles. The number of benzene rings is 1. The summed E-state index contributed by atoms with van der Waals surface area (Å²) in [4.78, 5) is 20.9. The fourth-order valence-electron chi connectivity index (χ4n) is 3.68. The van der Waals surface area contributed by atoms with Crippen LogP contribution in [0, 0.1) is 18.6 Å². The molecule has 0 radical (unpaired) electrons. The van der Waals surface area contributed by atoms with Gasteiger partial charge in [0, 0.05) is 31.3 Å². The highest BCUT2D eigenvalue weighted by Crippen LogP contribution is 2.42. The Kier molecular flexibility index (Phi) is 5.23. The van der Waals surface area contributed by atoms with Gasteiger partial charge >= 0.3 is 0 Å². The molecule has 4 rings (SSSR count). The maximum atomic E-state index is 14.9. The fraction of sp³-hybridized carbons (Fsp3) is 0.409. The van der Waals surface area contributed by atoms with Crippen LogP contribution in [0.15, 0.2) is 29.2 Å². The van der Waals surface area contributed by atoms with Gasteiger partial charge in [0.05, 0.1) is 10.9 Å². The van der Waals surface area contributed by atoms with Gasteiger partial charge in [0.25, 0.3) is 11.5 Å². The van der Waals surface area contributed by atoms with Crippen molar-refractivity contribution in [1.29, 1.82) is 0 Å². The third-order valence-electron chi connectivity index (χ3n) is 5.77. The standard InChI is InChI=1S/C22H22F4N4O2/c1-11-27-17-13(10-30(20(31)16(17)24)21(2)8-9-21)18(28-11)29-19(32-4)12-6-5-7-14(15(12)23)22(3,25)26/h5-7,10,19H,8-9H2,1-4H3,(H,27,28,29). The highest BCUT2D eigenvalue weighted by Gasteiger charge is 2.41. The molecule has 0 bridgehead atoms. The molecular weight excluding hydrogens is 428 g/mol. The second-order valence-electron chi connectivity index (χ2n) is 8.35. The van der Waals surface area contributed by atoms with Gasteiger partial charge in [-0.05, 0) is 26.7 Å². The number of methoxy groups -OCH3 is 1. The summed E-state index contributed by atoms with van der Waals surface area (Å²) in [6.07, 6.45) is 1.69. The van der Waals surface area contributed by atoms with Gasteiger partial charge in [0.2, 0.25) is 5.82 Å². The first-order chi connectivity index (χ1) is 15.0. The van der Waals surface area contributed by atoms with Crippen molar-refractivity contribution >= 4 is 16.7 Å². The van der Waals surface area contributed by atoms with Crippen LogP contribution in [0.2, 0.25) is 0 Å². The smallest absolute Gasteiger partial charge is 0.289 e. The number of anilines is 1. The van der Waals surface area contributed by atoms with Crippen molar-refractivity contribution in [2.75, 3.05) is 12.4 Å². The number of alkyl halides is 2. The van der Waals surface area contributed by atoms with Gasteiger partial charge in [-0.1, -0.05) is 18.2 Å². The molecule has 3 aromatic rings. The van der Waals surface area contributed by atoms with Crippen LogP contribution in [-0.4, -0.2) is 21.6 Å². The molecule has 0 saturated heterocycles. The van der Waals surface area contributed by atoms with Crippen molar-refractivity contribution in [3.63, 3.8) is 0 Å². The zero-order valence-corrected chi connectivity index (χ0v) is 18.0. The van der Waals surface area contributed by atoms with Crippen molar-refractivity contribution < 1.29 is 22.3 Å². The van der Waals surface area contributed by atoms with E-state index in [1.807, 2.05) is 6.92 Å². The van der Waals surface area contributed by atoms with E-state index in [2.05, 4.69) is 15.3 Å². The topological polar surface area (TPSA) is 69.0 Å². The zero-order chi connectivity index (χ0) is 23.4. The van der Waals surface area contributed by atoms with E-state index in [0.29, 0.717) is 6.92 Å². The van der Waals surface area contributed by atoms with Crippen LogP contribution >= 0.6 is 0 Å². The van der Waals surface area contributed by atoms with E-state index < -0.39 is 40.4 Å². The van der Waals surface area contributed by atoms with Crippen LogP contribution in [0.4, 0.5) is 23.4 Å². The molecule has 10 heteroatoms. The van der Waals surface area contributed by atoms with E-state index >= 15 is 0 Å². The van der Waals surface area contributed by atoms with E-state index in [0.717, 1.165) is 18.9 Å². The number of nitrogens with zero attached hydrogens (tertiary/aromatic N) is 3. The molecule has 170 valence electrons. The number of hydrogen-bond donors (Lipinski definition) is 1. The summed E-state index contributed by atoms with van der Waals surface area (Å²) in [5.74, 6) is -5.28. The number of aromatic nitrogens is 3. The molecule has 32 heavy (non-hydrogen) atoms. The summed E-state index contributed by atoms with van der Waals surface area (Å²) in [6, 6.07) is 3.61. The Bertz CT molecular complexity index is 1270. The number of rotatable bonds is 6. The summed E-state index contributed by atoms with van der Waals surface area (Å²) in [5, 5.41) is 3.05. The van der Waals surface area contributed by atoms with Crippen LogP contribution in [0.1, 0.15) is 49.9 Å². The molecule has 1 aliphatic rings. The Morgan fingerprint density at radius 2 is 1.91 bits per heavy atom. The van der Waals surface area contributed by atoms with Crippen LogP contribution in [0.3, 0.4) is 0 Å². The number of hydrogen-bond acceptors (Lipinski definition) is 5. The normalized spacial score (nSPS) is 16.2. The summed E-state index contributed by atoms with van der Waals surface area (Å²) < 4.78 is 64.1. The number of ether oxygens (including phenoxy) is 1. The van der Waals surface area contributed by atoms with Crippen molar-refractivity contribution in [2.24, 2.45) is 0 Å². The van der Waals surface area contributed by atoms with Crippen molar-refractivity contribution in [2.45, 2.75) is 51.3 Å². The van der Waals surface area contributed by atoms with Crippen LogP contribution in [0.25, 0.3) is 10.9 Å². The Labute approximate surface area is 181 Å². The molecule has 2 heterocycles. The van der Waals surface area contributed by atoms with Crippen molar-refractivity contribution in [3.8, 4) is 0 Å². The van der Waals surface area contributed by atoms with E-state index in [1.54, 1.807) is 0 Å². The molecule has 1 N–H and O–H groups in total. The molecule has 6 nitrogen and oxygen atoms in total. The maximum absolute atomic E-state index is 14.9. The predicted molar refractivity (Wildman–Crippen MR) is 111 cm³/mol. The average Bonchev–Trinajstić information content (AvgIpc) is 3.46. The van der Waals surface area contributed by atoms with Crippen LogP contribution < -0.4 is 10.9 Å². The minimum Gasteiger partial charge on any atom is -0.357 e. The summed E-state index contributed by atoms with van der Waals surface area (Å²) in [6.45, 7) is 3.95. The fourth-order valence-corrected chi connectivity index (χ4v) is 3.68. The molecule has 1 fully saturated rings. The lowest BCUT2D eigenvalue weighted by molar-refractivity contribution is 0.0130. The molecule has 1 atom stereocenters. The quantitative estimate of drug-likeness (QED) is 0.433. The van der Waals surface area contributed by atoms with Gasteiger partial charge in [-0.15, -0.1) is 0 Å². The summed E-state index contributed by atoms with van der Waals surface area (Å²) in [5.41, 5.74) is -2.41. The molecule has 1 unspecified atom stereocenters. The van der Waals surface area contributed by atoms with Crippen LogP contribution in [-0.2, 0) is 16.2 Å². The van der Waals surface area contributed by atoms with Gasteiger partial charge in [-0.2, -0.15) is 4.39 Å². The SMILES string of the molecule is COC(Nc1nc(C)nc2c(F)c(=O)n(C3(C)CC3)cc12)c1cccc(C(C)(F)F)c1F. The number of fused-ring (bicyclic) bond motifs is 1. The Morgan fingerprint density at radius 3 is 2.50 bits per heavy atom. The minimum absolute atomic E-state index is 0.0873. The monoisotopic (exact) mass is 450 g/mol. The lowest BCUT2D eigenvalue weighted by atomic mass is 10.0. The number of nitrogens with one attached hydrogen (secondary N) is 1. The third kappa shape index (κ3) is 3.72. The molecule has 2 aromatic heterocycles. The predicted octanol–water partition coefficient (Wildman–Crippen LogP) is 4.76. The largest absolute Gasteiger partial charge is 0.357 e. The molecule has 1 saturated carbocycles. The molecule has 0 spiro atoms.